The van der Waals surface area contributed by atoms with Crippen LogP contribution in [-0.4, -0.2) is 9.97 Å². The van der Waals surface area contributed by atoms with Gasteiger partial charge < -0.3 is 4.42 Å². The summed E-state index contributed by atoms with van der Waals surface area (Å²) >= 11 is 0. The first-order chi connectivity index (χ1) is 11.8. The van der Waals surface area contributed by atoms with Crippen molar-refractivity contribution in [3.8, 4) is 11.3 Å². The minimum atomic E-state index is 0.772. The molecule has 0 atom stereocenters. The van der Waals surface area contributed by atoms with Crippen molar-refractivity contribution in [1.29, 1.82) is 0 Å². The number of aryl methyl sites for hydroxylation is 1. The lowest BCUT2D eigenvalue weighted by Gasteiger charge is -2.08. The van der Waals surface area contributed by atoms with Gasteiger partial charge in [-0.1, -0.05) is 48.5 Å². The van der Waals surface area contributed by atoms with Gasteiger partial charge in [-0.2, -0.15) is 0 Å². The second kappa shape index (κ2) is 4.90. The topological polar surface area (TPSA) is 38.9 Å². The molecule has 2 aromatic heterocycles. The fourth-order valence-electron chi connectivity index (χ4n) is 3.37. The average Bonchev–Trinajstić information content (AvgIpc) is 2.99. The first kappa shape index (κ1) is 13.3. The van der Waals surface area contributed by atoms with Crippen molar-refractivity contribution >= 4 is 32.8 Å². The summed E-state index contributed by atoms with van der Waals surface area (Å²) in [5.41, 5.74) is 4.78. The molecule has 0 aliphatic heterocycles. The third-order valence-electron chi connectivity index (χ3n) is 4.37. The van der Waals surface area contributed by atoms with Crippen LogP contribution in [0.5, 0.6) is 0 Å². The van der Waals surface area contributed by atoms with Crippen LogP contribution in [0.2, 0.25) is 0 Å². The van der Waals surface area contributed by atoms with Crippen molar-refractivity contribution in [3.63, 3.8) is 0 Å². The monoisotopic (exact) mass is 310 g/mol. The fraction of sp³-hybridized carbons (Fsp3) is 0.0476. The quantitative estimate of drug-likeness (QED) is 0.410. The van der Waals surface area contributed by atoms with Crippen LogP contribution in [0.3, 0.4) is 0 Å². The molecule has 5 rings (SSSR count). The molecular formula is C21H14N2O. The summed E-state index contributed by atoms with van der Waals surface area (Å²) in [5, 5.41) is 3.28. The van der Waals surface area contributed by atoms with Crippen molar-refractivity contribution in [2.24, 2.45) is 0 Å². The number of fused-ring (bicyclic) bond motifs is 4. The molecule has 0 fully saturated rings. The van der Waals surface area contributed by atoms with Gasteiger partial charge in [0.1, 0.15) is 17.0 Å². The second-order valence-corrected chi connectivity index (χ2v) is 5.91. The molecule has 0 aliphatic carbocycles. The van der Waals surface area contributed by atoms with E-state index in [2.05, 4.69) is 23.2 Å². The molecule has 0 saturated heterocycles. The Hall–Kier alpha value is -3.20. The Balaban J connectivity index is 1.97. The van der Waals surface area contributed by atoms with Crippen molar-refractivity contribution < 1.29 is 4.42 Å². The summed E-state index contributed by atoms with van der Waals surface area (Å²) in [7, 11) is 0. The summed E-state index contributed by atoms with van der Waals surface area (Å²) in [4.78, 5) is 9.31. The van der Waals surface area contributed by atoms with Gasteiger partial charge in [-0.05, 0) is 25.1 Å². The molecule has 3 heteroatoms. The SMILES string of the molecule is Cc1nc(-c2cccc3oc4ccccc4c23)c2ccccc2n1. The maximum atomic E-state index is 6.01. The minimum absolute atomic E-state index is 0.772. The van der Waals surface area contributed by atoms with Crippen LogP contribution >= 0.6 is 0 Å². The molecule has 3 nitrogen and oxygen atoms in total. The normalized spacial score (nSPS) is 11.5. The molecule has 5 aromatic rings. The lowest BCUT2D eigenvalue weighted by atomic mass is 10.0. The lowest BCUT2D eigenvalue weighted by molar-refractivity contribution is 0.669. The van der Waals surface area contributed by atoms with Crippen molar-refractivity contribution in [2.75, 3.05) is 0 Å². The molecule has 114 valence electrons. The number of hydrogen-bond acceptors (Lipinski definition) is 3. The predicted molar refractivity (Wildman–Crippen MR) is 97.0 cm³/mol. The maximum Gasteiger partial charge on any atom is 0.136 e. The molecule has 0 aliphatic rings. The summed E-state index contributed by atoms with van der Waals surface area (Å²) in [6, 6.07) is 22.4. The predicted octanol–water partition coefficient (Wildman–Crippen LogP) is 5.50. The van der Waals surface area contributed by atoms with E-state index in [1.165, 1.54) is 0 Å². The average molecular weight is 310 g/mol. The highest BCUT2D eigenvalue weighted by atomic mass is 16.3. The Morgan fingerprint density at radius 1 is 0.708 bits per heavy atom. The van der Waals surface area contributed by atoms with E-state index in [0.717, 1.165) is 49.9 Å². The van der Waals surface area contributed by atoms with Crippen LogP contribution in [-0.2, 0) is 0 Å². The van der Waals surface area contributed by atoms with E-state index in [0.29, 0.717) is 0 Å². The Morgan fingerprint density at radius 3 is 2.38 bits per heavy atom. The first-order valence-electron chi connectivity index (χ1n) is 7.95. The van der Waals surface area contributed by atoms with E-state index in [-0.39, 0.29) is 0 Å². The number of aromatic nitrogens is 2. The van der Waals surface area contributed by atoms with Crippen LogP contribution in [0.4, 0.5) is 0 Å². The molecule has 0 radical (unpaired) electrons. The van der Waals surface area contributed by atoms with E-state index in [1.807, 2.05) is 55.5 Å². The third kappa shape index (κ3) is 1.85. The van der Waals surface area contributed by atoms with Crippen LogP contribution < -0.4 is 0 Å². The van der Waals surface area contributed by atoms with E-state index in [4.69, 9.17) is 9.40 Å². The van der Waals surface area contributed by atoms with E-state index < -0.39 is 0 Å². The van der Waals surface area contributed by atoms with E-state index in [9.17, 15) is 0 Å². The largest absolute Gasteiger partial charge is 0.456 e. The van der Waals surface area contributed by atoms with Crippen LogP contribution in [0.15, 0.2) is 71.1 Å². The number of hydrogen-bond donors (Lipinski definition) is 0. The molecule has 0 N–H and O–H groups in total. The van der Waals surface area contributed by atoms with Crippen LogP contribution in [0.1, 0.15) is 5.82 Å². The molecule has 24 heavy (non-hydrogen) atoms. The zero-order valence-corrected chi connectivity index (χ0v) is 13.2. The zero-order chi connectivity index (χ0) is 16.1. The number of nitrogens with zero attached hydrogens (tertiary/aromatic N) is 2. The van der Waals surface area contributed by atoms with Crippen LogP contribution in [0.25, 0.3) is 44.1 Å². The highest BCUT2D eigenvalue weighted by Gasteiger charge is 2.15. The number of benzene rings is 3. The van der Waals surface area contributed by atoms with E-state index >= 15 is 0 Å². The van der Waals surface area contributed by atoms with Gasteiger partial charge in [-0.25, -0.2) is 9.97 Å². The molecule has 0 amide bonds. The summed E-state index contributed by atoms with van der Waals surface area (Å²) in [5.74, 6) is 0.772. The molecule has 0 bridgehead atoms. The number of rotatable bonds is 1. The highest BCUT2D eigenvalue weighted by molar-refractivity contribution is 6.14. The van der Waals surface area contributed by atoms with Gasteiger partial charge in [0.15, 0.2) is 0 Å². The number of furan rings is 1. The maximum absolute atomic E-state index is 6.01. The molecule has 2 heterocycles. The molecule has 0 spiro atoms. The Kier molecular flexibility index (Phi) is 2.71. The molecule has 3 aromatic carbocycles. The van der Waals surface area contributed by atoms with E-state index in [1.54, 1.807) is 0 Å². The zero-order valence-electron chi connectivity index (χ0n) is 13.2. The van der Waals surface area contributed by atoms with Crippen molar-refractivity contribution in [2.45, 2.75) is 6.92 Å². The summed E-state index contributed by atoms with van der Waals surface area (Å²) < 4.78 is 6.01. The van der Waals surface area contributed by atoms with Gasteiger partial charge >= 0.3 is 0 Å². The molecular weight excluding hydrogens is 296 g/mol. The number of para-hydroxylation sites is 2. The summed E-state index contributed by atoms with van der Waals surface area (Å²) in [6.07, 6.45) is 0. The third-order valence-corrected chi connectivity index (χ3v) is 4.37. The Morgan fingerprint density at radius 2 is 1.46 bits per heavy atom. The molecule has 0 saturated carbocycles. The molecule has 0 unspecified atom stereocenters. The van der Waals surface area contributed by atoms with Gasteiger partial charge in [0.2, 0.25) is 0 Å². The lowest BCUT2D eigenvalue weighted by Crippen LogP contribution is -1.94. The van der Waals surface area contributed by atoms with Crippen molar-refractivity contribution in [1.82, 2.24) is 9.97 Å². The van der Waals surface area contributed by atoms with Gasteiger partial charge in [0, 0.05) is 21.7 Å². The van der Waals surface area contributed by atoms with Crippen LogP contribution in [0, 0.1) is 6.92 Å². The van der Waals surface area contributed by atoms with Gasteiger partial charge in [0.05, 0.1) is 11.2 Å². The second-order valence-electron chi connectivity index (χ2n) is 5.91. The highest BCUT2D eigenvalue weighted by Crippen LogP contribution is 2.37. The fourth-order valence-corrected chi connectivity index (χ4v) is 3.37. The van der Waals surface area contributed by atoms with Crippen molar-refractivity contribution in [3.05, 3.63) is 72.6 Å². The first-order valence-corrected chi connectivity index (χ1v) is 7.95. The van der Waals surface area contributed by atoms with Gasteiger partial charge in [0.25, 0.3) is 0 Å². The van der Waals surface area contributed by atoms with Gasteiger partial charge in [-0.3, -0.25) is 0 Å². The summed E-state index contributed by atoms with van der Waals surface area (Å²) in [6.45, 7) is 1.93. The minimum Gasteiger partial charge on any atom is -0.456 e. The standard InChI is InChI=1S/C21H14N2O/c1-13-22-17-10-4-2-7-14(17)21(23-13)16-9-6-12-19-20(16)15-8-3-5-11-18(15)24-19/h2-12H,1H3. The smallest absolute Gasteiger partial charge is 0.136 e. The van der Waals surface area contributed by atoms with Gasteiger partial charge in [-0.15, -0.1) is 0 Å². The Bertz CT molecular complexity index is 1220. The Labute approximate surface area is 138 Å².